The molecule has 1 aromatic rings. The Morgan fingerprint density at radius 3 is 1.77 bits per heavy atom. The first-order valence-electron chi connectivity index (χ1n) is 5.65. The average molecular weight is 370 g/mol. The molecule has 0 amide bonds. The van der Waals surface area contributed by atoms with Gasteiger partial charge in [0.15, 0.2) is 0 Å². The van der Waals surface area contributed by atoms with Crippen LogP contribution >= 0.6 is 0 Å². The zero-order chi connectivity index (χ0) is 18.0. The van der Waals surface area contributed by atoms with Crippen molar-refractivity contribution < 1.29 is 39.1 Å². The number of halogens is 3. The number of nitrogens with one attached hydrogen (secondary N) is 1. The van der Waals surface area contributed by atoms with E-state index in [4.69, 9.17) is 17.5 Å². The van der Waals surface area contributed by atoms with E-state index in [0.29, 0.717) is 6.42 Å². The van der Waals surface area contributed by atoms with E-state index in [1.807, 2.05) is 13.8 Å². The van der Waals surface area contributed by atoms with E-state index in [1.165, 1.54) is 0 Å². The Labute approximate surface area is 126 Å². The van der Waals surface area contributed by atoms with Crippen LogP contribution in [0.15, 0.2) is 12.4 Å². The van der Waals surface area contributed by atoms with E-state index in [0.717, 1.165) is 12.2 Å². The summed E-state index contributed by atoms with van der Waals surface area (Å²) in [5.74, 6) is 0.860. The topological polar surface area (TPSA) is 137 Å². The summed E-state index contributed by atoms with van der Waals surface area (Å²) in [4.78, 5) is 6.75. The molecule has 8 nitrogen and oxygen atoms in total. The van der Waals surface area contributed by atoms with Gasteiger partial charge in [0.1, 0.15) is 5.82 Å². The number of alkyl halides is 3. The van der Waals surface area contributed by atoms with Crippen molar-refractivity contribution in [3.05, 3.63) is 18.2 Å². The molecule has 132 valence electrons. The molecule has 0 spiro atoms. The van der Waals surface area contributed by atoms with E-state index in [9.17, 15) is 21.6 Å². The molecule has 0 saturated heterocycles. The van der Waals surface area contributed by atoms with Crippen molar-refractivity contribution in [3.8, 4) is 0 Å². The van der Waals surface area contributed by atoms with Crippen molar-refractivity contribution in [1.29, 1.82) is 0 Å². The van der Waals surface area contributed by atoms with Gasteiger partial charge in [-0.15, -0.1) is 0 Å². The summed E-state index contributed by atoms with van der Waals surface area (Å²) in [7, 11) is -9.53. The minimum absolute atomic E-state index is 0.108. The monoisotopic (exact) mass is 370 g/mol. The number of nitrogens with zero attached hydrogens (tertiary/aromatic N) is 1. The van der Waals surface area contributed by atoms with Gasteiger partial charge in [-0.05, 0) is 13.3 Å². The number of aromatic amines is 1. The van der Waals surface area contributed by atoms with Crippen LogP contribution in [0.4, 0.5) is 13.2 Å². The highest BCUT2D eigenvalue weighted by molar-refractivity contribution is 7.86. The van der Waals surface area contributed by atoms with Gasteiger partial charge >= 0.3 is 15.6 Å². The molecule has 13 heteroatoms. The second kappa shape index (κ2) is 9.76. The molecular weight excluding hydrogens is 353 g/mol. The number of rotatable bonds is 3. The van der Waals surface area contributed by atoms with Crippen molar-refractivity contribution in [2.75, 3.05) is 5.75 Å². The van der Waals surface area contributed by atoms with Gasteiger partial charge in [0, 0.05) is 12.4 Å². The number of aromatic nitrogens is 2. The van der Waals surface area contributed by atoms with Crippen molar-refractivity contribution in [2.45, 2.75) is 32.2 Å². The summed E-state index contributed by atoms with van der Waals surface area (Å²) < 4.78 is 85.6. The Hall–Kier alpha value is -1.18. The summed E-state index contributed by atoms with van der Waals surface area (Å²) in [6.07, 6.45) is 4.86. The fourth-order valence-corrected chi connectivity index (χ4v) is 1.32. The van der Waals surface area contributed by atoms with Crippen LogP contribution in [0.5, 0.6) is 0 Å². The molecular formula is C9H17F3N2O6S2. The van der Waals surface area contributed by atoms with Gasteiger partial charge < -0.3 is 4.98 Å². The highest BCUT2D eigenvalue weighted by Gasteiger charge is 2.44. The number of unbranched alkanes of at least 4 members (excludes halogenated alkanes) is 1. The van der Waals surface area contributed by atoms with Gasteiger partial charge in [-0.1, -0.05) is 13.3 Å². The maximum atomic E-state index is 10.7. The predicted octanol–water partition coefficient (Wildman–Crippen LogP) is 1.79. The molecule has 0 fully saturated rings. The van der Waals surface area contributed by atoms with Crippen LogP contribution in [0.2, 0.25) is 0 Å². The Balaban J connectivity index is 0. The number of imidazole rings is 1. The highest BCUT2D eigenvalue weighted by Crippen LogP contribution is 2.20. The van der Waals surface area contributed by atoms with Gasteiger partial charge in [0.25, 0.3) is 10.1 Å². The molecule has 0 aliphatic rings. The van der Waals surface area contributed by atoms with Crippen LogP contribution in [0.3, 0.4) is 0 Å². The third-order valence-electron chi connectivity index (χ3n) is 1.68. The van der Waals surface area contributed by atoms with E-state index >= 15 is 0 Å². The zero-order valence-corrected chi connectivity index (χ0v) is 13.3. The second-order valence-corrected chi connectivity index (χ2v) is 6.72. The Morgan fingerprint density at radius 2 is 1.68 bits per heavy atom. The van der Waals surface area contributed by atoms with Gasteiger partial charge in [-0.25, -0.2) is 4.98 Å². The Bertz CT molecular complexity index is 596. The van der Waals surface area contributed by atoms with Crippen LogP contribution in [0, 0.1) is 6.92 Å². The van der Waals surface area contributed by atoms with E-state index in [2.05, 4.69) is 9.97 Å². The van der Waals surface area contributed by atoms with Crippen molar-refractivity contribution >= 4 is 20.2 Å². The third kappa shape index (κ3) is 15.2. The lowest BCUT2D eigenvalue weighted by molar-refractivity contribution is -0.0510. The van der Waals surface area contributed by atoms with Crippen LogP contribution in [-0.2, 0) is 20.2 Å². The third-order valence-corrected chi connectivity index (χ3v) is 3.07. The van der Waals surface area contributed by atoms with Crippen molar-refractivity contribution in [2.24, 2.45) is 0 Å². The minimum atomic E-state index is -5.84. The van der Waals surface area contributed by atoms with Gasteiger partial charge in [0.2, 0.25) is 0 Å². The van der Waals surface area contributed by atoms with Crippen LogP contribution < -0.4 is 0 Å². The SMILES string of the molecule is CCCCS(=O)(=O)O.Cc1ncc[nH]1.O=S(=O)(O)C(F)(F)F. The molecule has 0 unspecified atom stereocenters. The molecule has 0 radical (unpaired) electrons. The second-order valence-electron chi connectivity index (χ2n) is 3.73. The smallest absolute Gasteiger partial charge is 0.349 e. The van der Waals surface area contributed by atoms with Crippen LogP contribution in [0.25, 0.3) is 0 Å². The largest absolute Gasteiger partial charge is 0.522 e. The van der Waals surface area contributed by atoms with Crippen LogP contribution in [-0.4, -0.2) is 47.2 Å². The maximum Gasteiger partial charge on any atom is 0.522 e. The number of hydrogen-bond donors (Lipinski definition) is 3. The molecule has 0 saturated carbocycles. The molecule has 0 aromatic carbocycles. The van der Waals surface area contributed by atoms with Crippen molar-refractivity contribution in [3.63, 3.8) is 0 Å². The fraction of sp³-hybridized carbons (Fsp3) is 0.667. The lowest BCUT2D eigenvalue weighted by Crippen LogP contribution is -2.21. The van der Waals surface area contributed by atoms with Crippen LogP contribution in [0.1, 0.15) is 25.6 Å². The summed E-state index contributed by atoms with van der Waals surface area (Å²) in [6, 6.07) is 0. The maximum absolute atomic E-state index is 10.7. The molecule has 0 aliphatic carbocycles. The first kappa shape index (κ1) is 23.1. The quantitative estimate of drug-likeness (QED) is 0.545. The average Bonchev–Trinajstić information content (AvgIpc) is 2.75. The first-order valence-corrected chi connectivity index (χ1v) is 8.70. The molecule has 0 aliphatic heterocycles. The molecule has 1 aromatic heterocycles. The Morgan fingerprint density at radius 1 is 1.23 bits per heavy atom. The predicted molar refractivity (Wildman–Crippen MR) is 72.3 cm³/mol. The first-order chi connectivity index (χ1) is 9.70. The molecule has 3 N–H and O–H groups in total. The lowest BCUT2D eigenvalue weighted by Gasteiger charge is -1.97. The molecule has 0 bridgehead atoms. The molecule has 22 heavy (non-hydrogen) atoms. The zero-order valence-electron chi connectivity index (χ0n) is 11.7. The molecule has 1 heterocycles. The van der Waals surface area contributed by atoms with Gasteiger partial charge in [-0.3, -0.25) is 9.11 Å². The summed E-state index contributed by atoms with van der Waals surface area (Å²) in [5, 5.41) is 0. The summed E-state index contributed by atoms with van der Waals surface area (Å²) in [6.45, 7) is 3.78. The lowest BCUT2D eigenvalue weighted by atomic mass is 10.4. The standard InChI is InChI=1S/C4H6N2.C4H10O3S.CHF3O3S/c1-4-5-2-3-6-4;1-2-3-4-8(5,6)7;2-1(3,4)8(5,6)7/h2-3H,1H3,(H,5,6);2-4H2,1H3,(H,5,6,7);(H,5,6,7). The van der Waals surface area contributed by atoms with E-state index in [1.54, 1.807) is 12.4 Å². The fourth-order valence-electron chi connectivity index (χ4n) is 0.671. The highest BCUT2D eigenvalue weighted by atomic mass is 32.2. The summed E-state index contributed by atoms with van der Waals surface area (Å²) in [5.41, 5.74) is -5.53. The van der Waals surface area contributed by atoms with Gasteiger partial charge in [0.05, 0.1) is 5.75 Å². The van der Waals surface area contributed by atoms with Crippen molar-refractivity contribution in [1.82, 2.24) is 9.97 Å². The number of aryl methyl sites for hydroxylation is 1. The minimum Gasteiger partial charge on any atom is -0.349 e. The Kier molecular flexibility index (Phi) is 10.2. The number of hydrogen-bond acceptors (Lipinski definition) is 5. The van der Waals surface area contributed by atoms with E-state index < -0.39 is 25.7 Å². The molecule has 1 rings (SSSR count). The summed E-state index contributed by atoms with van der Waals surface area (Å²) >= 11 is 0. The van der Waals surface area contributed by atoms with E-state index in [-0.39, 0.29) is 5.75 Å². The molecule has 0 atom stereocenters. The normalized spacial score (nSPS) is 11.8. The van der Waals surface area contributed by atoms with Gasteiger partial charge in [-0.2, -0.15) is 30.0 Å². The number of H-pyrrole nitrogens is 1.